The van der Waals surface area contributed by atoms with E-state index in [-0.39, 0.29) is 0 Å². The maximum absolute atomic E-state index is 5.81. The van der Waals surface area contributed by atoms with Crippen molar-refractivity contribution in [2.45, 2.75) is 0 Å². The summed E-state index contributed by atoms with van der Waals surface area (Å²) in [6.07, 6.45) is 0. The fraction of sp³-hybridized carbons (Fsp3) is 0.100. The van der Waals surface area contributed by atoms with Crippen molar-refractivity contribution in [2.75, 3.05) is 0 Å². The van der Waals surface area contributed by atoms with E-state index in [0.29, 0.717) is 0 Å². The maximum atomic E-state index is 5.81. The monoisotopic (exact) mass is 337 g/mol. The van der Waals surface area contributed by atoms with Crippen LogP contribution in [0, 0.1) is 0 Å². The van der Waals surface area contributed by atoms with Crippen molar-refractivity contribution in [1.29, 1.82) is 0 Å². The van der Waals surface area contributed by atoms with Crippen LogP contribution in [0.2, 0.25) is 0 Å². The first-order valence-corrected chi connectivity index (χ1v) is 5.51. The van der Waals surface area contributed by atoms with E-state index in [9.17, 15) is 0 Å². The van der Waals surface area contributed by atoms with Crippen LogP contribution in [0.1, 0.15) is 5.69 Å². The third kappa shape index (κ3) is 1.44. The topological polar surface area (TPSA) is 4.93 Å². The second-order valence-electron chi connectivity index (χ2n) is 3.01. The predicted molar refractivity (Wildman–Crippen MR) is 52.8 cm³/mol. The summed E-state index contributed by atoms with van der Waals surface area (Å²) in [5.41, 5.74) is 2.37. The Bertz CT molecular complexity index is 473. The van der Waals surface area contributed by atoms with Gasteiger partial charge in [-0.3, -0.25) is 0 Å². The van der Waals surface area contributed by atoms with E-state index in [1.807, 2.05) is 19.2 Å². The van der Waals surface area contributed by atoms with E-state index >= 15 is 0 Å². The Balaban J connectivity index is 2.81. The number of hydrogen-bond acceptors (Lipinski definition) is 0. The van der Waals surface area contributed by atoms with E-state index in [0.717, 1.165) is 9.49 Å². The van der Waals surface area contributed by atoms with Crippen LogP contribution in [0.15, 0.2) is 30.3 Å². The summed E-state index contributed by atoms with van der Waals surface area (Å²) in [5, 5.41) is 1.25. The van der Waals surface area contributed by atoms with Crippen molar-refractivity contribution < 1.29 is 19.4 Å². The van der Waals surface area contributed by atoms with Gasteiger partial charge in [0, 0.05) is 0 Å². The molecule has 0 bridgehead atoms. The summed E-state index contributed by atoms with van der Waals surface area (Å²) in [6.45, 7) is 0. The van der Waals surface area contributed by atoms with Crippen LogP contribution < -0.4 is 0 Å². The molecule has 0 fully saturated rings. The van der Waals surface area contributed by atoms with Gasteiger partial charge in [0.15, 0.2) is 0 Å². The third-order valence-corrected chi connectivity index (χ3v) is 2.96. The second kappa shape index (κ2) is 3.27. The molecule has 1 aromatic heterocycles. The van der Waals surface area contributed by atoms with Crippen LogP contribution in [0.4, 0.5) is 0 Å². The Labute approximate surface area is 89.6 Å². The van der Waals surface area contributed by atoms with Crippen LogP contribution in [0.5, 0.6) is 0 Å². The number of fused-ring (bicyclic) bond motifs is 1. The Morgan fingerprint density at radius 3 is 2.69 bits per heavy atom. The molecule has 0 N–H and O–H groups in total. The molecule has 2 aromatic rings. The van der Waals surface area contributed by atoms with Crippen molar-refractivity contribution in [3.63, 3.8) is 0 Å². The van der Waals surface area contributed by atoms with Crippen LogP contribution in [0.25, 0.3) is 10.9 Å². The fourth-order valence-electron chi connectivity index (χ4n) is 1.53. The van der Waals surface area contributed by atoms with Crippen molar-refractivity contribution in [2.24, 2.45) is 7.05 Å². The number of hydrogen-bond donors (Lipinski definition) is 0. The summed E-state index contributed by atoms with van der Waals surface area (Å²) >= 11 is 1.32. The number of benzene rings is 1. The van der Waals surface area contributed by atoms with Gasteiger partial charge in [0.25, 0.3) is 0 Å². The molecule has 0 amide bonds. The Morgan fingerprint density at radius 2 is 2.08 bits per heavy atom. The molecule has 0 aliphatic carbocycles. The molecule has 2 radical (unpaired) electrons. The molecule has 1 aromatic carbocycles. The van der Waals surface area contributed by atoms with Gasteiger partial charge in [0.05, 0.1) is 0 Å². The number of para-hydroxylation sites is 1. The molecule has 0 aliphatic rings. The average molecular weight is 337 g/mol. The molecule has 62 valence electrons. The fourth-order valence-corrected chi connectivity index (χ4v) is 2.23. The molecule has 1 heterocycles. The first-order chi connectivity index (χ1) is 6.20. The SMILES string of the molecule is [B][C](=[W])c1cc2ccccc2n1C. The summed E-state index contributed by atoms with van der Waals surface area (Å²) in [7, 11) is 7.86. The van der Waals surface area contributed by atoms with Gasteiger partial charge in [-0.2, -0.15) is 0 Å². The molecule has 0 saturated carbocycles. The molecular weight excluding hydrogens is 329 g/mol. The number of aromatic nitrogens is 1. The first kappa shape index (κ1) is 8.96. The van der Waals surface area contributed by atoms with Gasteiger partial charge in [0.1, 0.15) is 0 Å². The van der Waals surface area contributed by atoms with Crippen molar-refractivity contribution >= 4 is 22.5 Å². The van der Waals surface area contributed by atoms with Crippen LogP contribution in [-0.4, -0.2) is 16.2 Å². The average Bonchev–Trinajstić information content (AvgIpc) is 2.45. The molecular formula is C10H8BNW. The van der Waals surface area contributed by atoms with E-state index < -0.39 is 0 Å². The van der Waals surface area contributed by atoms with Gasteiger partial charge < -0.3 is 0 Å². The quantitative estimate of drug-likeness (QED) is 0.693. The molecule has 2 rings (SSSR count). The Morgan fingerprint density at radius 1 is 1.38 bits per heavy atom. The number of rotatable bonds is 1. The molecule has 3 heteroatoms. The van der Waals surface area contributed by atoms with E-state index in [4.69, 9.17) is 7.85 Å². The summed E-state index contributed by atoms with van der Waals surface area (Å²) < 4.78 is 3.08. The van der Waals surface area contributed by atoms with Crippen molar-refractivity contribution in [1.82, 2.24) is 4.57 Å². The van der Waals surface area contributed by atoms with Gasteiger partial charge in [0.2, 0.25) is 0 Å². The van der Waals surface area contributed by atoms with Crippen LogP contribution in [0.3, 0.4) is 0 Å². The van der Waals surface area contributed by atoms with Gasteiger partial charge in [-0.25, -0.2) is 0 Å². The van der Waals surface area contributed by atoms with Gasteiger partial charge in [-0.15, -0.1) is 0 Å². The predicted octanol–water partition coefficient (Wildman–Crippen LogP) is 1.37. The van der Waals surface area contributed by atoms with Gasteiger partial charge in [-0.1, -0.05) is 0 Å². The zero-order valence-electron chi connectivity index (χ0n) is 7.32. The minimum atomic E-state index is 0.943. The zero-order valence-corrected chi connectivity index (χ0v) is 10.3. The summed E-state index contributed by atoms with van der Waals surface area (Å²) in [6, 6.07) is 10.4. The summed E-state index contributed by atoms with van der Waals surface area (Å²) in [5.74, 6) is 0. The van der Waals surface area contributed by atoms with Gasteiger partial charge >= 0.3 is 89.5 Å². The van der Waals surface area contributed by atoms with Crippen molar-refractivity contribution in [3.8, 4) is 0 Å². The number of nitrogens with zero attached hydrogens (tertiary/aromatic N) is 1. The standard InChI is InChI=1S/C10H8BN.W/c1-12-9(7-11)6-8-4-2-3-5-10(8)12;/h2-6H,1H3;. The first-order valence-electron chi connectivity index (χ1n) is 4.04. The van der Waals surface area contributed by atoms with E-state index in [1.165, 1.54) is 30.3 Å². The Hall–Kier alpha value is -0.617. The summed E-state index contributed by atoms with van der Waals surface area (Å²) in [4.78, 5) is 0. The zero-order chi connectivity index (χ0) is 9.42. The van der Waals surface area contributed by atoms with Gasteiger partial charge in [-0.05, 0) is 0 Å². The third-order valence-electron chi connectivity index (χ3n) is 2.20. The van der Waals surface area contributed by atoms with E-state index in [2.05, 4.69) is 22.8 Å². The molecule has 13 heavy (non-hydrogen) atoms. The Kier molecular flexibility index (Phi) is 2.25. The normalized spacial score (nSPS) is 10.5. The van der Waals surface area contributed by atoms with Crippen LogP contribution >= 0.6 is 0 Å². The molecule has 0 spiro atoms. The number of aryl methyl sites for hydroxylation is 1. The molecule has 0 unspecified atom stereocenters. The molecule has 0 atom stereocenters. The van der Waals surface area contributed by atoms with E-state index in [1.54, 1.807) is 0 Å². The molecule has 0 aliphatic heterocycles. The molecule has 1 nitrogen and oxygen atoms in total. The second-order valence-corrected chi connectivity index (χ2v) is 4.59. The minimum absolute atomic E-state index is 0.943. The van der Waals surface area contributed by atoms with Crippen LogP contribution in [-0.2, 0) is 26.4 Å². The van der Waals surface area contributed by atoms with Crippen molar-refractivity contribution in [3.05, 3.63) is 36.0 Å². The molecule has 0 saturated heterocycles.